The second-order valence-electron chi connectivity index (χ2n) is 7.59. The van der Waals surface area contributed by atoms with Gasteiger partial charge in [0.05, 0.1) is 4.90 Å². The topological polar surface area (TPSA) is 92.7 Å². The second kappa shape index (κ2) is 10.5. The number of rotatable bonds is 9. The molecule has 0 saturated heterocycles. The molecule has 1 unspecified atom stereocenters. The van der Waals surface area contributed by atoms with Gasteiger partial charge in [-0.15, -0.1) is 0 Å². The van der Waals surface area contributed by atoms with E-state index >= 15 is 0 Å². The molecule has 8 heteroatoms. The van der Waals surface area contributed by atoms with E-state index in [1.165, 1.54) is 12.1 Å². The highest BCUT2D eigenvalue weighted by atomic mass is 127. The summed E-state index contributed by atoms with van der Waals surface area (Å²) in [6, 6.07) is 20.7. The molecular weight excluding hydrogens is 541 g/mol. The van der Waals surface area contributed by atoms with E-state index in [2.05, 4.69) is 27.3 Å². The van der Waals surface area contributed by atoms with Crippen LogP contribution in [0.3, 0.4) is 0 Å². The number of aliphatic carboxylic acids is 1. The zero-order valence-corrected chi connectivity index (χ0v) is 20.6. The van der Waals surface area contributed by atoms with Crippen LogP contribution in [0.1, 0.15) is 19.4 Å². The number of sulfonamides is 1. The highest BCUT2D eigenvalue weighted by molar-refractivity contribution is 14.1. The van der Waals surface area contributed by atoms with Crippen LogP contribution in [-0.4, -0.2) is 25.5 Å². The van der Waals surface area contributed by atoms with Gasteiger partial charge in [0.25, 0.3) is 0 Å². The molecule has 0 amide bonds. The number of carboxylic acids is 1. The fourth-order valence-electron chi connectivity index (χ4n) is 3.12. The Hall–Kier alpha value is -2.43. The summed E-state index contributed by atoms with van der Waals surface area (Å²) in [6.45, 7) is 3.56. The maximum Gasteiger partial charge on any atom is 0.322 e. The molecule has 6 nitrogen and oxygen atoms in total. The van der Waals surface area contributed by atoms with Gasteiger partial charge in [-0.05, 0) is 52.3 Å². The van der Waals surface area contributed by atoms with Crippen LogP contribution in [0, 0.1) is 9.49 Å². The maximum absolute atomic E-state index is 12.9. The average molecular weight is 565 g/mol. The molecule has 0 saturated carbocycles. The van der Waals surface area contributed by atoms with Gasteiger partial charge in [0.2, 0.25) is 10.0 Å². The second-order valence-corrected chi connectivity index (χ2v) is 10.5. The molecule has 0 spiro atoms. The molecule has 168 valence electrons. The Balaban J connectivity index is 1.99. The molecule has 1 atom stereocenters. The third-order valence-corrected chi connectivity index (χ3v) is 7.40. The number of ether oxygens (including phenoxy) is 1. The van der Waals surface area contributed by atoms with Crippen LogP contribution in [0.25, 0.3) is 11.1 Å². The smallest absolute Gasteiger partial charge is 0.322 e. The third kappa shape index (κ3) is 5.87. The lowest BCUT2D eigenvalue weighted by molar-refractivity contribution is -0.140. The van der Waals surface area contributed by atoms with Crippen LogP contribution in [-0.2, 0) is 21.4 Å². The lowest BCUT2D eigenvalue weighted by Gasteiger charge is -2.19. The predicted octanol–water partition coefficient (Wildman–Crippen LogP) is 4.92. The summed E-state index contributed by atoms with van der Waals surface area (Å²) in [5, 5.41) is 9.39. The summed E-state index contributed by atoms with van der Waals surface area (Å²) in [5.41, 5.74) is 2.60. The highest BCUT2D eigenvalue weighted by Crippen LogP contribution is 2.33. The number of hydrogen-bond donors (Lipinski definition) is 2. The molecule has 0 heterocycles. The third-order valence-electron chi connectivity index (χ3n) is 4.90. The summed E-state index contributed by atoms with van der Waals surface area (Å²) in [7, 11) is -4.07. The van der Waals surface area contributed by atoms with Crippen LogP contribution < -0.4 is 9.46 Å². The van der Waals surface area contributed by atoms with Crippen molar-refractivity contribution in [1.82, 2.24) is 4.72 Å². The first-order chi connectivity index (χ1) is 15.2. The zero-order chi connectivity index (χ0) is 23.3. The van der Waals surface area contributed by atoms with Gasteiger partial charge < -0.3 is 9.84 Å². The van der Waals surface area contributed by atoms with Crippen molar-refractivity contribution in [2.24, 2.45) is 5.92 Å². The van der Waals surface area contributed by atoms with E-state index in [0.29, 0.717) is 5.75 Å². The molecule has 0 aromatic heterocycles. The lowest BCUT2D eigenvalue weighted by Crippen LogP contribution is -2.44. The summed E-state index contributed by atoms with van der Waals surface area (Å²) >= 11 is 2.23. The molecule has 3 aromatic rings. The number of nitrogens with one attached hydrogen (secondary N) is 1. The first-order valence-corrected chi connectivity index (χ1v) is 12.6. The van der Waals surface area contributed by atoms with E-state index in [0.717, 1.165) is 20.3 Å². The molecule has 0 fully saturated rings. The first kappa shape index (κ1) is 24.2. The SMILES string of the molecule is CC(C)C(NS(=O)(=O)c1ccc(-c2ccccc2)c(OCc2ccccc2I)c1)C(=O)O. The van der Waals surface area contributed by atoms with Crippen LogP contribution in [0.15, 0.2) is 77.7 Å². The largest absolute Gasteiger partial charge is 0.488 e. The molecule has 0 radical (unpaired) electrons. The van der Waals surface area contributed by atoms with Crippen molar-refractivity contribution in [3.05, 3.63) is 81.9 Å². The molecule has 3 aromatic carbocycles. The Morgan fingerprint density at radius 3 is 2.31 bits per heavy atom. The fraction of sp³-hybridized carbons (Fsp3) is 0.208. The van der Waals surface area contributed by atoms with E-state index in [1.807, 2.05) is 54.6 Å². The Kier molecular flexibility index (Phi) is 7.91. The lowest BCUT2D eigenvalue weighted by atomic mass is 10.0. The first-order valence-electron chi connectivity index (χ1n) is 10.00. The summed E-state index contributed by atoms with van der Waals surface area (Å²) in [6.07, 6.45) is 0. The molecular formula is C24H24INO5S. The maximum atomic E-state index is 12.9. The van der Waals surface area contributed by atoms with Gasteiger partial charge in [0.1, 0.15) is 18.4 Å². The minimum atomic E-state index is -4.07. The van der Waals surface area contributed by atoms with Gasteiger partial charge in [-0.3, -0.25) is 4.79 Å². The van der Waals surface area contributed by atoms with Crippen molar-refractivity contribution >= 4 is 38.6 Å². The molecule has 0 aliphatic carbocycles. The van der Waals surface area contributed by atoms with Gasteiger partial charge >= 0.3 is 5.97 Å². The molecule has 3 rings (SSSR count). The van der Waals surface area contributed by atoms with E-state index in [9.17, 15) is 18.3 Å². The number of hydrogen-bond acceptors (Lipinski definition) is 4. The number of carboxylic acid groups (broad SMARTS) is 1. The van der Waals surface area contributed by atoms with Gasteiger partial charge in [-0.25, -0.2) is 8.42 Å². The van der Waals surface area contributed by atoms with Crippen LogP contribution in [0.2, 0.25) is 0 Å². The van der Waals surface area contributed by atoms with Gasteiger partial charge in [0.15, 0.2) is 0 Å². The van der Waals surface area contributed by atoms with Gasteiger partial charge in [-0.1, -0.05) is 62.4 Å². The fourth-order valence-corrected chi connectivity index (χ4v) is 5.02. The standard InChI is InChI=1S/C24H24INO5S/c1-16(2)23(24(27)28)26-32(29,30)19-12-13-20(17-8-4-3-5-9-17)22(14-19)31-15-18-10-6-7-11-21(18)25/h3-14,16,23,26H,15H2,1-2H3,(H,27,28). The van der Waals surface area contributed by atoms with Crippen molar-refractivity contribution in [3.8, 4) is 16.9 Å². The minimum absolute atomic E-state index is 0.0539. The summed E-state index contributed by atoms with van der Waals surface area (Å²) in [4.78, 5) is 11.4. The number of halogens is 1. The molecule has 32 heavy (non-hydrogen) atoms. The van der Waals surface area contributed by atoms with E-state index in [4.69, 9.17) is 4.74 Å². The van der Waals surface area contributed by atoms with E-state index in [1.54, 1.807) is 19.9 Å². The predicted molar refractivity (Wildman–Crippen MR) is 132 cm³/mol. The molecule has 0 aliphatic rings. The van der Waals surface area contributed by atoms with Gasteiger partial charge in [-0.2, -0.15) is 4.72 Å². The average Bonchev–Trinajstić information content (AvgIpc) is 2.77. The number of carbonyl (C=O) groups is 1. The van der Waals surface area contributed by atoms with Crippen molar-refractivity contribution < 1.29 is 23.1 Å². The van der Waals surface area contributed by atoms with E-state index < -0.39 is 28.0 Å². The van der Waals surface area contributed by atoms with Crippen molar-refractivity contribution in [2.75, 3.05) is 0 Å². The van der Waals surface area contributed by atoms with Crippen molar-refractivity contribution in [3.63, 3.8) is 0 Å². The molecule has 2 N–H and O–H groups in total. The Bertz CT molecular complexity index is 1200. The normalized spacial score (nSPS) is 12.5. The molecule has 0 bridgehead atoms. The highest BCUT2D eigenvalue weighted by Gasteiger charge is 2.28. The van der Waals surface area contributed by atoms with Gasteiger partial charge in [0, 0.05) is 20.8 Å². The minimum Gasteiger partial charge on any atom is -0.488 e. The Morgan fingerprint density at radius 2 is 1.69 bits per heavy atom. The zero-order valence-electron chi connectivity index (χ0n) is 17.7. The monoisotopic (exact) mass is 565 g/mol. The molecule has 0 aliphatic heterocycles. The van der Waals surface area contributed by atoms with E-state index in [-0.39, 0.29) is 11.5 Å². The van der Waals surface area contributed by atoms with Crippen LogP contribution >= 0.6 is 22.6 Å². The Labute approximate surface area is 201 Å². The summed E-state index contributed by atoms with van der Waals surface area (Å²) in [5.74, 6) is -1.24. The quantitative estimate of drug-likeness (QED) is 0.360. The number of benzene rings is 3. The van der Waals surface area contributed by atoms with Crippen LogP contribution in [0.4, 0.5) is 0 Å². The Morgan fingerprint density at radius 1 is 1.03 bits per heavy atom. The summed E-state index contributed by atoms with van der Waals surface area (Å²) < 4.78 is 35.3. The van der Waals surface area contributed by atoms with Crippen molar-refractivity contribution in [2.45, 2.75) is 31.4 Å². The van der Waals surface area contributed by atoms with Crippen LogP contribution in [0.5, 0.6) is 5.75 Å². The van der Waals surface area contributed by atoms with Crippen molar-refractivity contribution in [1.29, 1.82) is 0 Å².